The molecular formula is C17H12F2N2O4. The minimum absolute atomic E-state index is 0.0248. The summed E-state index contributed by atoms with van der Waals surface area (Å²) in [7, 11) is 1.51. The van der Waals surface area contributed by atoms with Gasteiger partial charge in [-0.15, -0.1) is 0 Å². The summed E-state index contributed by atoms with van der Waals surface area (Å²) >= 11 is 0. The normalized spacial score (nSPS) is 10.5. The molecular weight excluding hydrogens is 334 g/mol. The van der Waals surface area contributed by atoms with Crippen LogP contribution < -0.4 is 4.74 Å². The highest BCUT2D eigenvalue weighted by molar-refractivity contribution is 5.89. The fourth-order valence-electron chi connectivity index (χ4n) is 2.11. The molecule has 2 aromatic carbocycles. The van der Waals surface area contributed by atoms with E-state index in [0.717, 1.165) is 12.1 Å². The predicted octanol–water partition coefficient (Wildman–Crippen LogP) is 3.38. The molecule has 8 heteroatoms. The van der Waals surface area contributed by atoms with Crippen molar-refractivity contribution in [1.29, 1.82) is 0 Å². The topological polar surface area (TPSA) is 74.5 Å². The molecule has 0 saturated carbocycles. The van der Waals surface area contributed by atoms with E-state index in [1.165, 1.54) is 7.11 Å². The standard InChI is InChI=1S/C17H12F2N2O4/c1-23-14-5-3-2-4-12(14)16-20-15(25-21-16)9-24-17(22)11-7-6-10(18)8-13(11)19/h2-8H,9H2,1H3. The first-order valence-corrected chi connectivity index (χ1v) is 7.16. The average Bonchev–Trinajstić information content (AvgIpc) is 3.08. The van der Waals surface area contributed by atoms with E-state index in [2.05, 4.69) is 10.1 Å². The number of aromatic nitrogens is 2. The molecule has 0 unspecified atom stereocenters. The van der Waals surface area contributed by atoms with Crippen molar-refractivity contribution in [1.82, 2.24) is 10.1 Å². The Bertz CT molecular complexity index is 911. The maximum absolute atomic E-state index is 13.5. The van der Waals surface area contributed by atoms with E-state index >= 15 is 0 Å². The minimum atomic E-state index is -1.01. The summed E-state index contributed by atoms with van der Waals surface area (Å²) in [6.45, 7) is -0.349. The zero-order chi connectivity index (χ0) is 17.8. The molecule has 0 atom stereocenters. The van der Waals surface area contributed by atoms with Crippen LogP contribution in [0.25, 0.3) is 11.4 Å². The van der Waals surface area contributed by atoms with Gasteiger partial charge in [-0.1, -0.05) is 17.3 Å². The third-order valence-corrected chi connectivity index (χ3v) is 3.29. The van der Waals surface area contributed by atoms with Gasteiger partial charge in [-0.3, -0.25) is 0 Å². The molecule has 0 bridgehead atoms. The van der Waals surface area contributed by atoms with Crippen molar-refractivity contribution < 1.29 is 27.6 Å². The number of rotatable bonds is 5. The van der Waals surface area contributed by atoms with Gasteiger partial charge in [0.2, 0.25) is 5.82 Å². The van der Waals surface area contributed by atoms with Crippen molar-refractivity contribution in [2.75, 3.05) is 7.11 Å². The Balaban J connectivity index is 1.70. The molecule has 0 N–H and O–H groups in total. The van der Waals surface area contributed by atoms with Crippen LogP contribution in [0.2, 0.25) is 0 Å². The summed E-state index contributed by atoms with van der Waals surface area (Å²) in [6.07, 6.45) is 0. The fourth-order valence-corrected chi connectivity index (χ4v) is 2.11. The molecule has 3 rings (SSSR count). The van der Waals surface area contributed by atoms with Gasteiger partial charge in [0.05, 0.1) is 18.2 Å². The van der Waals surface area contributed by atoms with E-state index in [0.29, 0.717) is 17.4 Å². The summed E-state index contributed by atoms with van der Waals surface area (Å²) in [5.74, 6) is -1.92. The third kappa shape index (κ3) is 3.63. The van der Waals surface area contributed by atoms with Gasteiger partial charge < -0.3 is 14.0 Å². The number of benzene rings is 2. The molecule has 25 heavy (non-hydrogen) atoms. The second-order valence-corrected chi connectivity index (χ2v) is 4.91. The fraction of sp³-hybridized carbons (Fsp3) is 0.118. The van der Waals surface area contributed by atoms with Crippen LogP contribution in [0.15, 0.2) is 47.0 Å². The number of esters is 1. The van der Waals surface area contributed by atoms with E-state index in [1.807, 2.05) is 0 Å². The quantitative estimate of drug-likeness (QED) is 0.659. The van der Waals surface area contributed by atoms with Crippen LogP contribution in [-0.4, -0.2) is 23.2 Å². The Labute approximate surface area is 141 Å². The van der Waals surface area contributed by atoms with E-state index < -0.39 is 17.6 Å². The lowest BCUT2D eigenvalue weighted by molar-refractivity contribution is 0.0424. The van der Waals surface area contributed by atoms with Gasteiger partial charge >= 0.3 is 5.97 Å². The molecule has 0 spiro atoms. The number of methoxy groups -OCH3 is 1. The summed E-state index contributed by atoms with van der Waals surface area (Å²) in [5.41, 5.74) is 0.224. The number of ether oxygens (including phenoxy) is 2. The number of halogens is 2. The van der Waals surface area contributed by atoms with Crippen molar-refractivity contribution >= 4 is 5.97 Å². The lowest BCUT2D eigenvalue weighted by Crippen LogP contribution is -2.08. The van der Waals surface area contributed by atoms with Crippen molar-refractivity contribution in [2.24, 2.45) is 0 Å². The smallest absolute Gasteiger partial charge is 0.341 e. The van der Waals surface area contributed by atoms with E-state index in [-0.39, 0.29) is 23.9 Å². The number of carbonyl (C=O) groups is 1. The van der Waals surface area contributed by atoms with Crippen LogP contribution in [0.5, 0.6) is 5.75 Å². The predicted molar refractivity (Wildman–Crippen MR) is 81.8 cm³/mol. The van der Waals surface area contributed by atoms with Gasteiger partial charge in [0, 0.05) is 6.07 Å². The average molecular weight is 346 g/mol. The minimum Gasteiger partial charge on any atom is -0.496 e. The number of nitrogens with zero attached hydrogens (tertiary/aromatic N) is 2. The summed E-state index contributed by atoms with van der Waals surface area (Å²) in [6, 6.07) is 9.62. The van der Waals surface area contributed by atoms with Crippen molar-refractivity contribution in [2.45, 2.75) is 6.61 Å². The Hall–Kier alpha value is -3.29. The van der Waals surface area contributed by atoms with Crippen LogP contribution >= 0.6 is 0 Å². The Morgan fingerprint density at radius 1 is 1.20 bits per heavy atom. The van der Waals surface area contributed by atoms with Crippen LogP contribution in [0.1, 0.15) is 16.2 Å². The third-order valence-electron chi connectivity index (χ3n) is 3.29. The highest BCUT2D eigenvalue weighted by Gasteiger charge is 2.17. The molecule has 0 fully saturated rings. The molecule has 0 amide bonds. The lowest BCUT2D eigenvalue weighted by atomic mass is 10.2. The van der Waals surface area contributed by atoms with Crippen LogP contribution in [-0.2, 0) is 11.3 Å². The van der Waals surface area contributed by atoms with Crippen LogP contribution in [0.3, 0.4) is 0 Å². The summed E-state index contributed by atoms with van der Waals surface area (Å²) in [4.78, 5) is 15.9. The highest BCUT2D eigenvalue weighted by atomic mass is 19.1. The lowest BCUT2D eigenvalue weighted by Gasteiger charge is -2.03. The Morgan fingerprint density at radius 3 is 2.76 bits per heavy atom. The maximum Gasteiger partial charge on any atom is 0.341 e. The SMILES string of the molecule is COc1ccccc1-c1noc(COC(=O)c2ccc(F)cc2F)n1. The van der Waals surface area contributed by atoms with Gasteiger partial charge in [-0.2, -0.15) is 4.98 Å². The van der Waals surface area contributed by atoms with Gasteiger partial charge in [-0.05, 0) is 24.3 Å². The first-order valence-electron chi connectivity index (χ1n) is 7.16. The Kier molecular flexibility index (Phi) is 4.69. The zero-order valence-corrected chi connectivity index (χ0v) is 13.0. The first-order chi connectivity index (χ1) is 12.1. The number of hydrogen-bond donors (Lipinski definition) is 0. The van der Waals surface area contributed by atoms with Crippen molar-refractivity contribution in [3.8, 4) is 17.1 Å². The van der Waals surface area contributed by atoms with Crippen LogP contribution in [0, 0.1) is 11.6 Å². The molecule has 0 saturated heterocycles. The van der Waals surface area contributed by atoms with Crippen molar-refractivity contribution in [3.05, 3.63) is 65.6 Å². The number of carbonyl (C=O) groups excluding carboxylic acids is 1. The molecule has 128 valence electrons. The molecule has 6 nitrogen and oxygen atoms in total. The molecule has 0 aliphatic carbocycles. The Morgan fingerprint density at radius 2 is 2.00 bits per heavy atom. The first kappa shape index (κ1) is 16.6. The van der Waals surface area contributed by atoms with Crippen LogP contribution in [0.4, 0.5) is 8.78 Å². The molecule has 0 aliphatic heterocycles. The molecule has 3 aromatic rings. The molecule has 1 aromatic heterocycles. The van der Waals surface area contributed by atoms with Gasteiger partial charge in [-0.25, -0.2) is 13.6 Å². The van der Waals surface area contributed by atoms with E-state index in [4.69, 9.17) is 14.0 Å². The second-order valence-electron chi connectivity index (χ2n) is 4.91. The molecule has 1 heterocycles. The van der Waals surface area contributed by atoms with Gasteiger partial charge in [0.15, 0.2) is 6.61 Å². The maximum atomic E-state index is 13.5. The largest absolute Gasteiger partial charge is 0.496 e. The number of para-hydroxylation sites is 1. The summed E-state index contributed by atoms with van der Waals surface area (Å²) < 4.78 is 41.5. The molecule has 0 aliphatic rings. The van der Waals surface area contributed by atoms with E-state index in [9.17, 15) is 13.6 Å². The second kappa shape index (κ2) is 7.08. The van der Waals surface area contributed by atoms with Gasteiger partial charge in [0.1, 0.15) is 17.4 Å². The van der Waals surface area contributed by atoms with Gasteiger partial charge in [0.25, 0.3) is 5.89 Å². The van der Waals surface area contributed by atoms with E-state index in [1.54, 1.807) is 24.3 Å². The highest BCUT2D eigenvalue weighted by Crippen LogP contribution is 2.27. The summed E-state index contributed by atoms with van der Waals surface area (Å²) in [5, 5.41) is 3.79. The number of hydrogen-bond acceptors (Lipinski definition) is 6. The zero-order valence-electron chi connectivity index (χ0n) is 13.0. The molecule has 0 radical (unpaired) electrons. The van der Waals surface area contributed by atoms with Crippen molar-refractivity contribution in [3.63, 3.8) is 0 Å². The monoisotopic (exact) mass is 346 g/mol.